The van der Waals surface area contributed by atoms with Gasteiger partial charge in [-0.2, -0.15) is 0 Å². The van der Waals surface area contributed by atoms with Crippen LogP contribution in [0.3, 0.4) is 0 Å². The predicted molar refractivity (Wildman–Crippen MR) is 116 cm³/mol. The molecule has 2 aromatic rings. The highest BCUT2D eigenvalue weighted by atomic mass is 16.5. The molecule has 1 saturated heterocycles. The summed E-state index contributed by atoms with van der Waals surface area (Å²) < 4.78 is 5.35. The number of anilines is 1. The summed E-state index contributed by atoms with van der Waals surface area (Å²) in [5, 5.41) is 0. The number of nitrogens with two attached hydrogens (primary N) is 1. The van der Waals surface area contributed by atoms with Gasteiger partial charge in [-0.05, 0) is 81.1 Å². The Bertz CT molecular complexity index is 724. The number of ether oxygens (including phenoxy) is 1. The minimum Gasteiger partial charge on any atom is -0.497 e. The van der Waals surface area contributed by atoms with Crippen molar-refractivity contribution in [2.24, 2.45) is 5.73 Å². The van der Waals surface area contributed by atoms with Gasteiger partial charge in [0.25, 0.3) is 0 Å². The Kier molecular flexibility index (Phi) is 7.29. The molecule has 0 aliphatic carbocycles. The van der Waals surface area contributed by atoms with E-state index in [1.54, 1.807) is 7.11 Å². The molecule has 0 spiro atoms. The van der Waals surface area contributed by atoms with Crippen molar-refractivity contribution in [3.05, 3.63) is 53.9 Å². The molecule has 28 heavy (non-hydrogen) atoms. The number of methoxy groups -OCH3 is 1. The predicted octanol–water partition coefficient (Wildman–Crippen LogP) is 3.61. The quantitative estimate of drug-likeness (QED) is 0.756. The van der Waals surface area contributed by atoms with Crippen molar-refractivity contribution >= 4 is 5.69 Å². The van der Waals surface area contributed by atoms with Gasteiger partial charge in [0.15, 0.2) is 0 Å². The van der Waals surface area contributed by atoms with Gasteiger partial charge in [-0.1, -0.05) is 0 Å². The minimum absolute atomic E-state index is 0.280. The highest BCUT2D eigenvalue weighted by Crippen LogP contribution is 2.28. The first-order valence-electron chi connectivity index (χ1n) is 10.3. The van der Waals surface area contributed by atoms with Gasteiger partial charge in [-0.3, -0.25) is 4.98 Å². The van der Waals surface area contributed by atoms with E-state index in [0.717, 1.165) is 38.3 Å². The van der Waals surface area contributed by atoms with Gasteiger partial charge in [0.05, 0.1) is 7.11 Å². The van der Waals surface area contributed by atoms with Crippen LogP contribution in [0.25, 0.3) is 0 Å². The maximum absolute atomic E-state index is 5.93. The Balaban J connectivity index is 1.74. The standard InChI is InChI=1S/C23H34N4O/c1-18-8-12-25-16-20(18)17-27(21-4-6-23(28-3)7-5-21)22-10-14-26(15-11-22)13-9-19(2)24/h4-8,12,16,19,22H,9-11,13-15,17,24H2,1-3H3. The van der Waals surface area contributed by atoms with Gasteiger partial charge in [0, 0.05) is 49.8 Å². The van der Waals surface area contributed by atoms with Crippen LogP contribution in [0.5, 0.6) is 5.75 Å². The SMILES string of the molecule is COc1ccc(N(Cc2cnccc2C)C2CCN(CCC(C)N)CC2)cc1. The van der Waals surface area contributed by atoms with E-state index in [-0.39, 0.29) is 6.04 Å². The van der Waals surface area contributed by atoms with E-state index in [4.69, 9.17) is 10.5 Å². The lowest BCUT2D eigenvalue weighted by Crippen LogP contribution is -2.45. The molecule has 2 N–H and O–H groups in total. The average molecular weight is 383 g/mol. The normalized spacial score (nSPS) is 16.7. The number of hydrogen-bond donors (Lipinski definition) is 1. The van der Waals surface area contributed by atoms with Crippen molar-refractivity contribution in [3.8, 4) is 5.75 Å². The van der Waals surface area contributed by atoms with Gasteiger partial charge >= 0.3 is 0 Å². The van der Waals surface area contributed by atoms with E-state index in [0.29, 0.717) is 6.04 Å². The Labute approximate surface area is 169 Å². The number of nitrogens with zero attached hydrogens (tertiary/aromatic N) is 3. The number of piperidine rings is 1. The topological polar surface area (TPSA) is 54.6 Å². The molecule has 0 amide bonds. The molecular weight excluding hydrogens is 348 g/mol. The van der Waals surface area contributed by atoms with Crippen LogP contribution in [0, 0.1) is 6.92 Å². The summed E-state index contributed by atoms with van der Waals surface area (Å²) in [5.74, 6) is 0.895. The van der Waals surface area contributed by atoms with Crippen LogP contribution in [0.15, 0.2) is 42.7 Å². The summed E-state index contributed by atoms with van der Waals surface area (Å²) >= 11 is 0. The lowest BCUT2D eigenvalue weighted by molar-refractivity contribution is 0.203. The molecule has 0 saturated carbocycles. The Hall–Kier alpha value is -2.11. The summed E-state index contributed by atoms with van der Waals surface area (Å²) in [7, 11) is 1.71. The van der Waals surface area contributed by atoms with E-state index in [1.165, 1.54) is 29.7 Å². The van der Waals surface area contributed by atoms with E-state index in [9.17, 15) is 0 Å². The minimum atomic E-state index is 0.280. The third-order valence-corrected chi connectivity index (χ3v) is 5.79. The van der Waals surface area contributed by atoms with Crippen molar-refractivity contribution in [1.82, 2.24) is 9.88 Å². The number of likely N-dealkylation sites (tertiary alicyclic amines) is 1. The second-order valence-corrected chi connectivity index (χ2v) is 7.97. The Morgan fingerprint density at radius 3 is 2.54 bits per heavy atom. The third-order valence-electron chi connectivity index (χ3n) is 5.79. The molecule has 0 radical (unpaired) electrons. The molecule has 1 aromatic heterocycles. The van der Waals surface area contributed by atoms with Crippen molar-refractivity contribution in [1.29, 1.82) is 0 Å². The molecule has 0 bridgehead atoms. The van der Waals surface area contributed by atoms with Gasteiger partial charge in [0.1, 0.15) is 5.75 Å². The maximum atomic E-state index is 5.93. The van der Waals surface area contributed by atoms with E-state index < -0.39 is 0 Å². The zero-order valence-electron chi connectivity index (χ0n) is 17.5. The van der Waals surface area contributed by atoms with Gasteiger partial charge in [-0.25, -0.2) is 0 Å². The summed E-state index contributed by atoms with van der Waals surface area (Å²) in [4.78, 5) is 9.46. The van der Waals surface area contributed by atoms with Gasteiger partial charge < -0.3 is 20.3 Å². The lowest BCUT2D eigenvalue weighted by Gasteiger charge is -2.40. The van der Waals surface area contributed by atoms with Crippen LogP contribution in [-0.2, 0) is 6.54 Å². The molecule has 3 rings (SSSR count). The van der Waals surface area contributed by atoms with Crippen LogP contribution in [0.4, 0.5) is 5.69 Å². The first kappa shape index (κ1) is 20.6. The number of hydrogen-bond acceptors (Lipinski definition) is 5. The molecule has 1 fully saturated rings. The van der Waals surface area contributed by atoms with E-state index in [2.05, 4.69) is 59.0 Å². The molecule has 1 aromatic carbocycles. The first-order valence-corrected chi connectivity index (χ1v) is 10.3. The Morgan fingerprint density at radius 2 is 1.93 bits per heavy atom. The zero-order valence-corrected chi connectivity index (χ0v) is 17.5. The van der Waals surface area contributed by atoms with Crippen LogP contribution in [0.1, 0.15) is 37.3 Å². The van der Waals surface area contributed by atoms with Crippen molar-refractivity contribution in [2.75, 3.05) is 31.6 Å². The summed E-state index contributed by atoms with van der Waals surface area (Å²) in [5.41, 5.74) is 9.77. The van der Waals surface area contributed by atoms with Gasteiger partial charge in [-0.15, -0.1) is 0 Å². The average Bonchev–Trinajstić information content (AvgIpc) is 2.72. The number of aryl methyl sites for hydroxylation is 1. The van der Waals surface area contributed by atoms with E-state index in [1.807, 2.05) is 12.4 Å². The fraction of sp³-hybridized carbons (Fsp3) is 0.522. The molecule has 1 aliphatic heterocycles. The molecule has 1 unspecified atom stereocenters. The number of aromatic nitrogens is 1. The monoisotopic (exact) mass is 382 g/mol. The second-order valence-electron chi connectivity index (χ2n) is 7.97. The fourth-order valence-corrected chi connectivity index (χ4v) is 3.89. The molecule has 5 nitrogen and oxygen atoms in total. The summed E-state index contributed by atoms with van der Waals surface area (Å²) in [6, 6.07) is 11.4. The lowest BCUT2D eigenvalue weighted by atomic mass is 10.00. The molecule has 5 heteroatoms. The molecular formula is C23H34N4O. The molecule has 1 atom stereocenters. The van der Waals surface area contributed by atoms with Crippen molar-refractivity contribution in [2.45, 2.75) is 51.7 Å². The highest BCUT2D eigenvalue weighted by Gasteiger charge is 2.25. The van der Waals surface area contributed by atoms with Crippen LogP contribution < -0.4 is 15.4 Å². The molecule has 1 aliphatic rings. The molecule has 152 valence electrons. The maximum Gasteiger partial charge on any atom is 0.119 e. The van der Waals surface area contributed by atoms with Crippen molar-refractivity contribution in [3.63, 3.8) is 0 Å². The third kappa shape index (κ3) is 5.46. The zero-order chi connectivity index (χ0) is 19.9. The Morgan fingerprint density at radius 1 is 1.21 bits per heavy atom. The summed E-state index contributed by atoms with van der Waals surface area (Å²) in [6.07, 6.45) is 7.29. The van der Waals surface area contributed by atoms with Crippen LogP contribution in [0.2, 0.25) is 0 Å². The fourth-order valence-electron chi connectivity index (χ4n) is 3.89. The van der Waals surface area contributed by atoms with Crippen molar-refractivity contribution < 1.29 is 4.74 Å². The largest absolute Gasteiger partial charge is 0.497 e. The van der Waals surface area contributed by atoms with Crippen LogP contribution >= 0.6 is 0 Å². The van der Waals surface area contributed by atoms with Crippen LogP contribution in [-0.4, -0.2) is 48.7 Å². The number of benzene rings is 1. The van der Waals surface area contributed by atoms with E-state index >= 15 is 0 Å². The first-order chi connectivity index (χ1) is 13.6. The summed E-state index contributed by atoms with van der Waals surface area (Å²) in [6.45, 7) is 8.52. The second kappa shape index (κ2) is 9.89. The number of rotatable bonds is 8. The highest BCUT2D eigenvalue weighted by molar-refractivity contribution is 5.51. The molecule has 2 heterocycles. The van der Waals surface area contributed by atoms with Gasteiger partial charge in [0.2, 0.25) is 0 Å². The smallest absolute Gasteiger partial charge is 0.119 e. The number of pyridine rings is 1.